The molecule has 2 rings (SSSR count). The number of hydrogen-bond donors (Lipinski definition) is 2. The van der Waals surface area contributed by atoms with E-state index in [-0.39, 0.29) is 17.3 Å². The third-order valence-electron chi connectivity index (χ3n) is 5.83. The minimum atomic E-state index is -0.177. The van der Waals surface area contributed by atoms with Crippen molar-refractivity contribution in [3.05, 3.63) is 23.8 Å². The first-order chi connectivity index (χ1) is 14.8. The lowest BCUT2D eigenvalue weighted by Gasteiger charge is -2.30. The molecule has 1 fully saturated rings. The lowest BCUT2D eigenvalue weighted by molar-refractivity contribution is -0.149. The Kier molecular flexibility index (Phi) is 9.46. The molecule has 1 aliphatic rings. The molecule has 31 heavy (non-hydrogen) atoms. The van der Waals surface area contributed by atoms with Crippen LogP contribution in [0.4, 0.5) is 0 Å². The predicted molar refractivity (Wildman–Crippen MR) is 124 cm³/mol. The van der Waals surface area contributed by atoms with Gasteiger partial charge in [-0.1, -0.05) is 19.9 Å². The molecule has 0 spiro atoms. The summed E-state index contributed by atoms with van der Waals surface area (Å²) in [6, 6.07) is 6.33. The van der Waals surface area contributed by atoms with Crippen LogP contribution >= 0.6 is 0 Å². The molecule has 1 saturated carbocycles. The summed E-state index contributed by atoms with van der Waals surface area (Å²) in [5, 5.41) is 6.91. The number of aliphatic imine (C=N–C) groups is 1. The van der Waals surface area contributed by atoms with Crippen LogP contribution in [0.3, 0.4) is 0 Å². The summed E-state index contributed by atoms with van der Waals surface area (Å²) in [7, 11) is 3.29. The lowest BCUT2D eigenvalue weighted by atomic mass is 9.84. The van der Waals surface area contributed by atoms with Gasteiger partial charge in [-0.05, 0) is 57.2 Å². The number of rotatable bonds is 9. The second-order valence-electron chi connectivity index (χ2n) is 8.59. The molecule has 0 saturated heterocycles. The number of carbonyl (C=O) groups excluding carboxylic acids is 1. The highest BCUT2D eigenvalue weighted by atomic mass is 16.5. The summed E-state index contributed by atoms with van der Waals surface area (Å²) in [6.07, 6.45) is 3.58. The molecule has 174 valence electrons. The molecule has 1 aliphatic carbocycles. The quantitative estimate of drug-likeness (QED) is 0.351. The third-order valence-corrected chi connectivity index (χ3v) is 5.83. The average molecular weight is 434 g/mol. The Morgan fingerprint density at radius 3 is 2.35 bits per heavy atom. The maximum atomic E-state index is 12.0. The van der Waals surface area contributed by atoms with Gasteiger partial charge in [0.1, 0.15) is 0 Å². The Morgan fingerprint density at radius 1 is 1.10 bits per heavy atom. The van der Waals surface area contributed by atoms with Gasteiger partial charge in [0.25, 0.3) is 0 Å². The molecule has 0 aromatic heterocycles. The van der Waals surface area contributed by atoms with Crippen LogP contribution in [0.5, 0.6) is 11.5 Å². The summed E-state index contributed by atoms with van der Waals surface area (Å²) in [5.41, 5.74) is 0.961. The highest BCUT2D eigenvalue weighted by Crippen LogP contribution is 2.33. The fourth-order valence-electron chi connectivity index (χ4n) is 3.87. The van der Waals surface area contributed by atoms with E-state index in [1.54, 1.807) is 14.2 Å². The molecular formula is C24H39N3O4. The van der Waals surface area contributed by atoms with Crippen LogP contribution in [0.15, 0.2) is 23.2 Å². The minimum Gasteiger partial charge on any atom is -0.493 e. The number of esters is 1. The second kappa shape index (κ2) is 11.8. The molecule has 0 amide bonds. The van der Waals surface area contributed by atoms with Gasteiger partial charge in [0, 0.05) is 18.0 Å². The van der Waals surface area contributed by atoms with Crippen LogP contribution < -0.4 is 20.1 Å². The van der Waals surface area contributed by atoms with E-state index in [1.807, 2.05) is 19.1 Å². The number of nitrogens with zero attached hydrogens (tertiary/aromatic N) is 1. The standard InChI is InChI=1S/C24H39N3O4/c1-7-25-23(27-19-12-9-17(10-13-19)22(28)31-8-2)26-16-24(3,4)18-11-14-20(29-5)21(15-18)30-6/h11,14-15,17,19H,7-10,12-13,16H2,1-6H3,(H2,25,26,27). The van der Waals surface area contributed by atoms with E-state index in [2.05, 4.69) is 37.5 Å². The van der Waals surface area contributed by atoms with Crippen LogP contribution in [-0.4, -0.2) is 51.9 Å². The van der Waals surface area contributed by atoms with Gasteiger partial charge in [-0.25, -0.2) is 0 Å². The smallest absolute Gasteiger partial charge is 0.308 e. The van der Waals surface area contributed by atoms with E-state index in [0.29, 0.717) is 19.2 Å². The average Bonchev–Trinajstić information content (AvgIpc) is 2.77. The largest absolute Gasteiger partial charge is 0.493 e. The molecule has 7 heteroatoms. The van der Waals surface area contributed by atoms with Crippen molar-refractivity contribution in [2.45, 2.75) is 64.8 Å². The van der Waals surface area contributed by atoms with Gasteiger partial charge in [-0.15, -0.1) is 0 Å². The van der Waals surface area contributed by atoms with Gasteiger partial charge in [0.15, 0.2) is 17.5 Å². The SMILES string of the molecule is CCNC(=NCC(C)(C)c1ccc(OC)c(OC)c1)NC1CCC(C(=O)OCC)CC1. The number of nitrogens with one attached hydrogen (secondary N) is 2. The Labute approximate surface area is 186 Å². The lowest BCUT2D eigenvalue weighted by Crippen LogP contribution is -2.46. The predicted octanol–water partition coefficient (Wildman–Crippen LogP) is 3.66. The molecule has 0 unspecified atom stereocenters. The zero-order valence-electron chi connectivity index (χ0n) is 19.9. The van der Waals surface area contributed by atoms with Crippen LogP contribution in [-0.2, 0) is 14.9 Å². The molecule has 1 aromatic carbocycles. The number of ether oxygens (including phenoxy) is 3. The first kappa shape index (κ1) is 24.8. The first-order valence-corrected chi connectivity index (χ1v) is 11.3. The van der Waals surface area contributed by atoms with Crippen molar-refractivity contribution >= 4 is 11.9 Å². The van der Waals surface area contributed by atoms with Crippen molar-refractivity contribution in [1.29, 1.82) is 0 Å². The van der Waals surface area contributed by atoms with Gasteiger partial charge < -0.3 is 24.8 Å². The van der Waals surface area contributed by atoms with Gasteiger partial charge in [0.05, 0.1) is 33.3 Å². The van der Waals surface area contributed by atoms with E-state index in [4.69, 9.17) is 19.2 Å². The van der Waals surface area contributed by atoms with Gasteiger partial charge in [-0.2, -0.15) is 0 Å². The van der Waals surface area contributed by atoms with Crippen LogP contribution in [0.25, 0.3) is 0 Å². The number of carbonyl (C=O) groups is 1. The highest BCUT2D eigenvalue weighted by Gasteiger charge is 2.28. The normalized spacial score (nSPS) is 19.5. The van der Waals surface area contributed by atoms with Crippen molar-refractivity contribution in [3.63, 3.8) is 0 Å². The van der Waals surface area contributed by atoms with Gasteiger partial charge >= 0.3 is 5.97 Å². The summed E-state index contributed by atoms with van der Waals surface area (Å²) < 4.78 is 16.0. The molecule has 7 nitrogen and oxygen atoms in total. The molecular weight excluding hydrogens is 394 g/mol. The fourth-order valence-corrected chi connectivity index (χ4v) is 3.87. The molecule has 0 aliphatic heterocycles. The van der Waals surface area contributed by atoms with Crippen molar-refractivity contribution in [1.82, 2.24) is 10.6 Å². The van der Waals surface area contributed by atoms with Crippen molar-refractivity contribution < 1.29 is 19.0 Å². The topological polar surface area (TPSA) is 81.2 Å². The van der Waals surface area contributed by atoms with Crippen LogP contribution in [0.1, 0.15) is 58.9 Å². The van der Waals surface area contributed by atoms with E-state index >= 15 is 0 Å². The van der Waals surface area contributed by atoms with E-state index in [1.165, 1.54) is 0 Å². The summed E-state index contributed by atoms with van der Waals surface area (Å²) in [4.78, 5) is 16.8. The molecule has 1 aromatic rings. The van der Waals surface area contributed by atoms with E-state index < -0.39 is 0 Å². The van der Waals surface area contributed by atoms with Crippen molar-refractivity contribution in [2.24, 2.45) is 10.9 Å². The first-order valence-electron chi connectivity index (χ1n) is 11.3. The molecule has 0 radical (unpaired) electrons. The maximum absolute atomic E-state index is 12.0. The maximum Gasteiger partial charge on any atom is 0.308 e. The molecule has 0 bridgehead atoms. The van der Waals surface area contributed by atoms with Gasteiger partial charge in [-0.3, -0.25) is 9.79 Å². The van der Waals surface area contributed by atoms with Crippen LogP contribution in [0.2, 0.25) is 0 Å². The monoisotopic (exact) mass is 433 g/mol. The summed E-state index contributed by atoms with van der Waals surface area (Å²) in [5.74, 6) is 2.23. The second-order valence-corrected chi connectivity index (χ2v) is 8.59. The molecule has 0 atom stereocenters. The molecule has 0 heterocycles. The van der Waals surface area contributed by atoms with Crippen LogP contribution in [0, 0.1) is 5.92 Å². The fraction of sp³-hybridized carbons (Fsp3) is 0.667. The van der Waals surface area contributed by atoms with Gasteiger partial charge in [0.2, 0.25) is 0 Å². The summed E-state index contributed by atoms with van der Waals surface area (Å²) in [6.45, 7) is 10.1. The number of hydrogen-bond acceptors (Lipinski definition) is 5. The van der Waals surface area contributed by atoms with E-state index in [0.717, 1.165) is 55.3 Å². The number of methoxy groups -OCH3 is 2. The Balaban J connectivity index is 2.01. The zero-order chi connectivity index (χ0) is 22.9. The van der Waals surface area contributed by atoms with Crippen molar-refractivity contribution in [2.75, 3.05) is 33.9 Å². The Bertz CT molecular complexity index is 740. The number of guanidine groups is 1. The zero-order valence-corrected chi connectivity index (χ0v) is 19.9. The van der Waals surface area contributed by atoms with E-state index in [9.17, 15) is 4.79 Å². The summed E-state index contributed by atoms with van der Waals surface area (Å²) >= 11 is 0. The van der Waals surface area contributed by atoms with Crippen molar-refractivity contribution in [3.8, 4) is 11.5 Å². The highest BCUT2D eigenvalue weighted by molar-refractivity contribution is 5.80. The Hall–Kier alpha value is -2.44. The number of benzene rings is 1. The Morgan fingerprint density at radius 2 is 1.77 bits per heavy atom. The third kappa shape index (κ3) is 7.04. The minimum absolute atomic E-state index is 0.0292. The molecule has 2 N–H and O–H groups in total.